The van der Waals surface area contributed by atoms with Gasteiger partial charge in [-0.25, -0.2) is 4.98 Å². The van der Waals surface area contributed by atoms with Gasteiger partial charge in [-0.3, -0.25) is 0 Å². The molecule has 2 aromatic rings. The highest BCUT2D eigenvalue weighted by atomic mass is 32.1. The van der Waals surface area contributed by atoms with E-state index in [0.29, 0.717) is 5.92 Å². The van der Waals surface area contributed by atoms with Crippen molar-refractivity contribution in [1.29, 1.82) is 0 Å². The topological polar surface area (TPSA) is 57.4 Å². The van der Waals surface area contributed by atoms with Gasteiger partial charge in [0.25, 0.3) is 0 Å². The zero-order valence-corrected chi connectivity index (χ0v) is 13.2. The first-order chi connectivity index (χ1) is 10.2. The molecular weight excluding hydrogens is 284 g/mol. The molecule has 1 aromatic heterocycles. The van der Waals surface area contributed by atoms with E-state index in [-0.39, 0.29) is 0 Å². The maximum absolute atomic E-state index is 6.20. The third kappa shape index (κ3) is 2.70. The predicted octanol–water partition coefficient (Wildman–Crippen LogP) is 4.07. The molecular formula is C16H20N2O2S. The first-order valence-corrected chi connectivity index (χ1v) is 8.03. The van der Waals surface area contributed by atoms with Gasteiger partial charge in [-0.1, -0.05) is 12.8 Å². The highest BCUT2D eigenvalue weighted by Crippen LogP contribution is 2.43. The lowest BCUT2D eigenvalue weighted by atomic mass is 10.1. The number of nitrogens with zero attached hydrogens (tertiary/aromatic N) is 1. The molecule has 21 heavy (non-hydrogen) atoms. The summed E-state index contributed by atoms with van der Waals surface area (Å²) in [5.74, 6) is 2.08. The van der Waals surface area contributed by atoms with E-state index in [1.165, 1.54) is 25.7 Å². The Balaban J connectivity index is 2.00. The van der Waals surface area contributed by atoms with Crippen LogP contribution in [-0.4, -0.2) is 19.2 Å². The summed E-state index contributed by atoms with van der Waals surface area (Å²) in [6, 6.07) is 5.73. The molecule has 0 aliphatic heterocycles. The van der Waals surface area contributed by atoms with E-state index in [4.69, 9.17) is 20.2 Å². The van der Waals surface area contributed by atoms with Crippen LogP contribution in [0.25, 0.3) is 11.3 Å². The van der Waals surface area contributed by atoms with Crippen LogP contribution in [0.1, 0.15) is 36.6 Å². The van der Waals surface area contributed by atoms with Crippen LogP contribution in [0.4, 0.5) is 5.00 Å². The van der Waals surface area contributed by atoms with Gasteiger partial charge in [-0.2, -0.15) is 0 Å². The van der Waals surface area contributed by atoms with Crippen LogP contribution < -0.4 is 15.2 Å². The van der Waals surface area contributed by atoms with Gasteiger partial charge in [0.2, 0.25) is 0 Å². The molecule has 1 fully saturated rings. The molecule has 3 rings (SSSR count). The van der Waals surface area contributed by atoms with Crippen LogP contribution in [0.2, 0.25) is 0 Å². The molecule has 1 aromatic carbocycles. The Hall–Kier alpha value is -1.75. The van der Waals surface area contributed by atoms with Gasteiger partial charge in [-0.05, 0) is 25.0 Å². The summed E-state index contributed by atoms with van der Waals surface area (Å²) in [5.41, 5.74) is 7.97. The molecule has 0 bridgehead atoms. The molecule has 4 nitrogen and oxygen atoms in total. The van der Waals surface area contributed by atoms with Gasteiger partial charge in [0, 0.05) is 17.5 Å². The van der Waals surface area contributed by atoms with E-state index in [1.54, 1.807) is 25.6 Å². The molecule has 0 amide bonds. The number of nitrogens with two attached hydrogens (primary N) is 1. The van der Waals surface area contributed by atoms with Gasteiger partial charge >= 0.3 is 0 Å². The minimum atomic E-state index is 0.579. The van der Waals surface area contributed by atoms with Crippen molar-refractivity contribution in [3.8, 4) is 22.8 Å². The SMILES string of the molecule is COc1ccc(-c2nc(C3CCCC3)sc2N)c(OC)c1. The quantitative estimate of drug-likeness (QED) is 0.925. The Labute approximate surface area is 128 Å². The van der Waals surface area contributed by atoms with Gasteiger partial charge in [0.1, 0.15) is 22.2 Å². The second-order valence-electron chi connectivity index (χ2n) is 5.31. The predicted molar refractivity (Wildman–Crippen MR) is 86.3 cm³/mol. The molecule has 1 aliphatic carbocycles. The molecule has 0 unspecified atom stereocenters. The van der Waals surface area contributed by atoms with Crippen molar-refractivity contribution in [2.45, 2.75) is 31.6 Å². The Morgan fingerprint density at radius 1 is 1.19 bits per heavy atom. The van der Waals surface area contributed by atoms with E-state index in [0.717, 1.165) is 32.8 Å². The summed E-state index contributed by atoms with van der Waals surface area (Å²) in [5, 5.41) is 1.93. The maximum atomic E-state index is 6.20. The fourth-order valence-electron chi connectivity index (χ4n) is 2.88. The number of benzene rings is 1. The molecule has 0 spiro atoms. The monoisotopic (exact) mass is 304 g/mol. The van der Waals surface area contributed by atoms with Gasteiger partial charge in [0.05, 0.1) is 19.2 Å². The van der Waals surface area contributed by atoms with E-state index in [9.17, 15) is 0 Å². The lowest BCUT2D eigenvalue weighted by Gasteiger charge is -2.09. The second-order valence-corrected chi connectivity index (χ2v) is 6.37. The number of hydrogen-bond donors (Lipinski definition) is 1. The van der Waals surface area contributed by atoms with Crippen LogP contribution >= 0.6 is 11.3 Å². The smallest absolute Gasteiger partial charge is 0.132 e. The maximum Gasteiger partial charge on any atom is 0.132 e. The summed E-state index contributed by atoms with van der Waals surface area (Å²) in [6.07, 6.45) is 5.05. The van der Waals surface area contributed by atoms with E-state index >= 15 is 0 Å². The van der Waals surface area contributed by atoms with Crippen LogP contribution in [0, 0.1) is 0 Å². The molecule has 1 saturated carbocycles. The number of nitrogen functional groups attached to an aromatic ring is 1. The molecule has 2 N–H and O–H groups in total. The van der Waals surface area contributed by atoms with E-state index in [1.807, 2.05) is 18.2 Å². The fraction of sp³-hybridized carbons (Fsp3) is 0.438. The van der Waals surface area contributed by atoms with Crippen LogP contribution in [-0.2, 0) is 0 Å². The lowest BCUT2D eigenvalue weighted by Crippen LogP contribution is -1.94. The average molecular weight is 304 g/mol. The molecule has 0 saturated heterocycles. The van der Waals surface area contributed by atoms with Crippen molar-refractivity contribution in [2.75, 3.05) is 20.0 Å². The summed E-state index contributed by atoms with van der Waals surface area (Å²) in [7, 11) is 3.29. The third-order valence-electron chi connectivity index (χ3n) is 4.04. The van der Waals surface area contributed by atoms with Crippen molar-refractivity contribution >= 4 is 16.3 Å². The molecule has 1 heterocycles. The van der Waals surface area contributed by atoms with Crippen LogP contribution in [0.3, 0.4) is 0 Å². The summed E-state index contributed by atoms with van der Waals surface area (Å²) >= 11 is 1.62. The van der Waals surface area contributed by atoms with Crippen molar-refractivity contribution in [2.24, 2.45) is 0 Å². The zero-order chi connectivity index (χ0) is 14.8. The first-order valence-electron chi connectivity index (χ1n) is 7.21. The van der Waals surface area contributed by atoms with Gasteiger partial charge in [-0.15, -0.1) is 11.3 Å². The van der Waals surface area contributed by atoms with Gasteiger partial charge < -0.3 is 15.2 Å². The highest BCUT2D eigenvalue weighted by molar-refractivity contribution is 7.16. The molecule has 5 heteroatoms. The number of methoxy groups -OCH3 is 2. The minimum absolute atomic E-state index is 0.579. The average Bonchev–Trinajstić information content (AvgIpc) is 3.15. The fourth-order valence-corrected chi connectivity index (χ4v) is 3.90. The van der Waals surface area contributed by atoms with E-state index < -0.39 is 0 Å². The second kappa shape index (κ2) is 5.93. The third-order valence-corrected chi connectivity index (χ3v) is 5.09. The first kappa shape index (κ1) is 14.2. The molecule has 1 aliphatic rings. The summed E-state index contributed by atoms with van der Waals surface area (Å²) in [4.78, 5) is 4.80. The Kier molecular flexibility index (Phi) is 4.01. The highest BCUT2D eigenvalue weighted by Gasteiger charge is 2.23. The number of rotatable bonds is 4. The number of aromatic nitrogens is 1. The number of ether oxygens (including phenoxy) is 2. The van der Waals surface area contributed by atoms with Crippen molar-refractivity contribution in [3.63, 3.8) is 0 Å². The molecule has 112 valence electrons. The number of anilines is 1. The van der Waals surface area contributed by atoms with Crippen molar-refractivity contribution in [1.82, 2.24) is 4.98 Å². The van der Waals surface area contributed by atoms with Crippen molar-refractivity contribution in [3.05, 3.63) is 23.2 Å². The minimum Gasteiger partial charge on any atom is -0.497 e. The summed E-state index contributed by atoms with van der Waals surface area (Å²) < 4.78 is 10.7. The standard InChI is InChI=1S/C16H20N2O2S/c1-19-11-7-8-12(13(9-11)20-2)14-15(17)21-16(18-14)10-5-3-4-6-10/h7-10H,3-6,17H2,1-2H3. The number of hydrogen-bond acceptors (Lipinski definition) is 5. The largest absolute Gasteiger partial charge is 0.497 e. The van der Waals surface area contributed by atoms with Gasteiger partial charge in [0.15, 0.2) is 0 Å². The van der Waals surface area contributed by atoms with Crippen molar-refractivity contribution < 1.29 is 9.47 Å². The lowest BCUT2D eigenvalue weighted by molar-refractivity contribution is 0.395. The molecule has 0 radical (unpaired) electrons. The Morgan fingerprint density at radius 2 is 1.95 bits per heavy atom. The zero-order valence-electron chi connectivity index (χ0n) is 12.4. The van der Waals surface area contributed by atoms with E-state index in [2.05, 4.69) is 0 Å². The van der Waals surface area contributed by atoms with Crippen LogP contribution in [0.5, 0.6) is 11.5 Å². The normalized spacial score (nSPS) is 15.3. The number of thiazole rings is 1. The summed E-state index contributed by atoms with van der Waals surface area (Å²) in [6.45, 7) is 0. The van der Waals surface area contributed by atoms with Crippen LogP contribution in [0.15, 0.2) is 18.2 Å². The Morgan fingerprint density at radius 3 is 2.62 bits per heavy atom. The Bertz CT molecular complexity index is 633. The molecule has 0 atom stereocenters.